The first-order valence-corrected chi connectivity index (χ1v) is 39.3. The third-order valence-corrected chi connectivity index (χ3v) is 25.6. The van der Waals surface area contributed by atoms with Crippen LogP contribution in [-0.2, 0) is 0 Å². The van der Waals surface area contributed by atoms with Gasteiger partial charge in [-0.25, -0.2) is 0 Å². The maximum atomic E-state index is 6.78. The van der Waals surface area contributed by atoms with E-state index in [0.717, 1.165) is 66.8 Å². The number of halogens is 4. The van der Waals surface area contributed by atoms with Gasteiger partial charge in [-0.1, -0.05) is 323 Å². The Bertz CT molecular complexity index is 6850. The zero-order chi connectivity index (χ0) is 73.4. The van der Waals surface area contributed by atoms with Crippen molar-refractivity contribution < 1.29 is 0 Å². The van der Waals surface area contributed by atoms with Crippen LogP contribution in [0.25, 0.3) is 241 Å². The summed E-state index contributed by atoms with van der Waals surface area (Å²) in [6, 6.07) is 114. The van der Waals surface area contributed by atoms with Crippen LogP contribution in [0, 0.1) is 27.7 Å². The lowest BCUT2D eigenvalue weighted by atomic mass is 9.78. The third kappa shape index (κ3) is 8.99. The normalized spacial score (nSPS) is 12.4. The summed E-state index contributed by atoms with van der Waals surface area (Å²) in [4.78, 5) is 0. The molecule has 0 bridgehead atoms. The predicted molar refractivity (Wildman–Crippen MR) is 475 cm³/mol. The molecule has 0 unspecified atom stereocenters. The van der Waals surface area contributed by atoms with Crippen molar-refractivity contribution in [2.45, 2.75) is 27.7 Å². The molecular weight excluding hydrogens is 1410 g/mol. The number of fused-ring (bicyclic) bond motifs is 15. The minimum absolute atomic E-state index is 0.701. The van der Waals surface area contributed by atoms with Crippen molar-refractivity contribution in [1.29, 1.82) is 0 Å². The van der Waals surface area contributed by atoms with E-state index in [-0.39, 0.29) is 0 Å². The minimum atomic E-state index is 0.701. The van der Waals surface area contributed by atoms with Gasteiger partial charge in [0, 0.05) is 20.1 Å². The lowest BCUT2D eigenvalue weighted by molar-refractivity contribution is 1.47. The number of rotatable bonds is 8. The molecule has 110 heavy (non-hydrogen) atoms. The molecule has 21 aromatic rings. The number of hydrogen-bond acceptors (Lipinski definition) is 0. The standard InChI is InChI=1S/C106H62Cl4/c1-55-9-17-63(18-10-55)87-97-71(59-25-33-67(107)34-26-59)41-43-73(61-29-37-69(109)38-30-61)99(97)89(65-21-13-57(3)14-22-65)105-85-53-51-81-91-77(47-49-83(95(85)91)103(87)105)79-45-46-80-78-48-50-84-96-86(54-52-82(92(78)96)94-76-8-6-5-7-75(76)93(81)101(79)102(80)94)106-90(66-23-15-58(4)16-24-66)100-74(62-31-39-70(110)40-32-62)44-42-72(60-27-35-68(108)36-28-60)98(100)88(104(84)106)64-19-11-56(2)12-20-64/h5-54H,1-4H3. The van der Waals surface area contributed by atoms with E-state index in [0.29, 0.717) is 20.1 Å². The summed E-state index contributed by atoms with van der Waals surface area (Å²) in [6.45, 7) is 8.74. The second-order valence-electron chi connectivity index (χ2n) is 30.7. The molecule has 4 heteroatoms. The number of hydrogen-bond donors (Lipinski definition) is 0. The lowest BCUT2D eigenvalue weighted by Crippen LogP contribution is -1.98. The van der Waals surface area contributed by atoms with Crippen LogP contribution in [0.15, 0.2) is 303 Å². The summed E-state index contributed by atoms with van der Waals surface area (Å²) in [5, 5.41) is 27.9. The van der Waals surface area contributed by atoms with Crippen LogP contribution in [0.4, 0.5) is 0 Å². The van der Waals surface area contributed by atoms with Gasteiger partial charge in [0.25, 0.3) is 0 Å². The van der Waals surface area contributed by atoms with Crippen LogP contribution < -0.4 is 0 Å². The Labute approximate surface area is 655 Å². The Morgan fingerprint density at radius 2 is 0.327 bits per heavy atom. The van der Waals surface area contributed by atoms with Gasteiger partial charge in [-0.15, -0.1) is 0 Å². The van der Waals surface area contributed by atoms with E-state index in [1.165, 1.54) is 197 Å². The highest BCUT2D eigenvalue weighted by Gasteiger charge is 2.38. The molecule has 0 saturated heterocycles. The summed E-state index contributed by atoms with van der Waals surface area (Å²) >= 11 is 27.1. The average Bonchev–Trinajstić information content (AvgIpc) is 1.31. The molecule has 0 aromatic heterocycles. The molecule has 0 aliphatic heterocycles. The fraction of sp³-hybridized carbons (Fsp3) is 0.0377. The van der Waals surface area contributed by atoms with Gasteiger partial charge in [-0.3, -0.25) is 0 Å². The number of aryl methyl sites for hydroxylation is 4. The first-order chi connectivity index (χ1) is 53.9. The largest absolute Gasteiger partial charge is 0.0843 e. The molecule has 0 heterocycles. The second kappa shape index (κ2) is 23.7. The molecule has 23 rings (SSSR count). The van der Waals surface area contributed by atoms with Gasteiger partial charge < -0.3 is 0 Å². The SMILES string of the molecule is Cc1ccc(-c2c3c(c(-c4ccc(C)cc4)c4c(-c5ccc(Cl)cc5)ccc(-c5ccc(Cl)cc5)c24)-c2ccc4c5c2c-3ccc5c2ccc3c5ccc6c7c(ccc(c75)c5c7ccccc7c4c2c35)-c2c-6c(-c3ccc(C)cc3)c3c(-c4ccc(Cl)cc4)ccc(-c4ccc(Cl)cc4)c3c2-c2ccc(C)cc2)cc1. The molecule has 0 saturated carbocycles. The highest BCUT2D eigenvalue weighted by molar-refractivity contribution is 6.51. The molecular formula is C106H62Cl4. The predicted octanol–water partition coefficient (Wildman–Crippen LogP) is 32.6. The molecule has 21 aromatic carbocycles. The molecule has 2 aliphatic carbocycles. The monoisotopic (exact) mass is 1470 g/mol. The van der Waals surface area contributed by atoms with E-state index in [1.807, 2.05) is 48.5 Å². The summed E-state index contributed by atoms with van der Waals surface area (Å²) in [6.07, 6.45) is 0. The van der Waals surface area contributed by atoms with Crippen molar-refractivity contribution in [2.75, 3.05) is 0 Å². The van der Waals surface area contributed by atoms with Crippen LogP contribution in [0.2, 0.25) is 20.1 Å². The molecule has 0 fully saturated rings. The molecule has 0 N–H and O–H groups in total. The molecule has 0 radical (unpaired) electrons. The zero-order valence-electron chi connectivity index (χ0n) is 60.4. The Kier molecular flexibility index (Phi) is 13.8. The lowest BCUT2D eigenvalue weighted by Gasteiger charge is -2.25. The summed E-state index contributed by atoms with van der Waals surface area (Å²) in [5.74, 6) is 0. The molecule has 0 atom stereocenters. The van der Waals surface area contributed by atoms with E-state index in [1.54, 1.807) is 0 Å². The van der Waals surface area contributed by atoms with Crippen molar-refractivity contribution in [3.8, 4) is 134 Å². The van der Waals surface area contributed by atoms with Crippen molar-refractivity contribution in [3.63, 3.8) is 0 Å². The van der Waals surface area contributed by atoms with Gasteiger partial charge in [-0.05, 0) is 317 Å². The highest BCUT2D eigenvalue weighted by atomic mass is 35.5. The molecule has 0 spiro atoms. The summed E-state index contributed by atoms with van der Waals surface area (Å²) in [5.41, 5.74) is 33.2. The average molecular weight is 1480 g/mol. The van der Waals surface area contributed by atoms with Gasteiger partial charge in [0.15, 0.2) is 0 Å². The van der Waals surface area contributed by atoms with E-state index < -0.39 is 0 Å². The maximum absolute atomic E-state index is 6.78. The Morgan fingerprint density at radius 1 is 0.136 bits per heavy atom. The van der Waals surface area contributed by atoms with Gasteiger partial charge in [-0.2, -0.15) is 0 Å². The molecule has 514 valence electrons. The molecule has 0 amide bonds. The fourth-order valence-corrected chi connectivity index (χ4v) is 20.3. The Morgan fingerprint density at radius 3 is 0.582 bits per heavy atom. The molecule has 2 aliphatic rings. The van der Waals surface area contributed by atoms with E-state index in [2.05, 4.69) is 282 Å². The molecule has 0 nitrogen and oxygen atoms in total. The number of benzene rings is 21. The smallest absolute Gasteiger partial charge is 0.0406 e. The Hall–Kier alpha value is -12.1. The van der Waals surface area contributed by atoms with Crippen LogP contribution >= 0.6 is 46.4 Å². The van der Waals surface area contributed by atoms with Crippen LogP contribution in [0.5, 0.6) is 0 Å². The van der Waals surface area contributed by atoms with Crippen LogP contribution in [-0.4, -0.2) is 0 Å². The topological polar surface area (TPSA) is 0 Å². The van der Waals surface area contributed by atoms with Crippen molar-refractivity contribution in [1.82, 2.24) is 0 Å². The van der Waals surface area contributed by atoms with Crippen molar-refractivity contribution in [3.05, 3.63) is 346 Å². The zero-order valence-corrected chi connectivity index (χ0v) is 63.4. The fourth-order valence-electron chi connectivity index (χ4n) is 19.8. The maximum Gasteiger partial charge on any atom is 0.0406 e. The van der Waals surface area contributed by atoms with Crippen LogP contribution in [0.1, 0.15) is 22.3 Å². The quantitative estimate of drug-likeness (QED) is 0.105. The van der Waals surface area contributed by atoms with Gasteiger partial charge in [0.1, 0.15) is 0 Å². The van der Waals surface area contributed by atoms with E-state index >= 15 is 0 Å². The van der Waals surface area contributed by atoms with Gasteiger partial charge in [0.2, 0.25) is 0 Å². The first-order valence-electron chi connectivity index (χ1n) is 37.8. The third-order valence-electron chi connectivity index (χ3n) is 24.6. The van der Waals surface area contributed by atoms with Crippen molar-refractivity contribution in [2.24, 2.45) is 0 Å². The van der Waals surface area contributed by atoms with E-state index in [9.17, 15) is 0 Å². The first kappa shape index (κ1) is 63.9. The van der Waals surface area contributed by atoms with Crippen molar-refractivity contribution >= 4 is 154 Å². The van der Waals surface area contributed by atoms with E-state index in [4.69, 9.17) is 46.4 Å². The van der Waals surface area contributed by atoms with Gasteiger partial charge in [0.05, 0.1) is 0 Å². The Balaban J connectivity index is 0.846. The highest BCUT2D eigenvalue weighted by Crippen LogP contribution is 2.66. The summed E-state index contributed by atoms with van der Waals surface area (Å²) in [7, 11) is 0. The minimum Gasteiger partial charge on any atom is -0.0843 e. The van der Waals surface area contributed by atoms with Gasteiger partial charge >= 0.3 is 0 Å². The summed E-state index contributed by atoms with van der Waals surface area (Å²) < 4.78 is 0. The second-order valence-corrected chi connectivity index (χ2v) is 32.4. The van der Waals surface area contributed by atoms with Crippen LogP contribution in [0.3, 0.4) is 0 Å².